The van der Waals surface area contributed by atoms with Crippen LogP contribution < -0.4 is 10.3 Å². The smallest absolute Gasteiger partial charge is 0.154 e. The van der Waals surface area contributed by atoms with Crippen molar-refractivity contribution in [2.45, 2.75) is 6.42 Å². The summed E-state index contributed by atoms with van der Waals surface area (Å²) in [5.74, 6) is 0.898. The molecule has 16 heavy (non-hydrogen) atoms. The number of benzene rings is 2. The monoisotopic (exact) mass is 211 g/mol. The first kappa shape index (κ1) is 9.43. The van der Waals surface area contributed by atoms with Crippen LogP contribution in [0.4, 0.5) is 0 Å². The molecule has 0 aliphatic carbocycles. The van der Waals surface area contributed by atoms with E-state index in [1.54, 1.807) is 0 Å². The number of hydrogen-bond donors (Lipinski definition) is 1. The van der Waals surface area contributed by atoms with E-state index in [0.717, 1.165) is 24.3 Å². The molecule has 0 saturated carbocycles. The van der Waals surface area contributed by atoms with Gasteiger partial charge in [0.05, 0.1) is 0 Å². The number of fused-ring (bicyclic) bond motifs is 3. The molecule has 0 fully saturated rings. The van der Waals surface area contributed by atoms with Crippen molar-refractivity contribution in [1.82, 2.24) is 5.48 Å². The van der Waals surface area contributed by atoms with Crippen LogP contribution in [0.1, 0.15) is 5.56 Å². The maximum atomic E-state index is 5.54. The molecule has 1 aliphatic rings. The zero-order chi connectivity index (χ0) is 10.8. The molecule has 0 amide bonds. The highest BCUT2D eigenvalue weighted by Crippen LogP contribution is 2.32. The van der Waals surface area contributed by atoms with Gasteiger partial charge in [0.25, 0.3) is 0 Å². The Bertz CT molecular complexity index is 460. The third-order valence-electron chi connectivity index (χ3n) is 2.87. The highest BCUT2D eigenvalue weighted by molar-refractivity contribution is 5.73. The van der Waals surface area contributed by atoms with Gasteiger partial charge in [-0.25, -0.2) is 0 Å². The summed E-state index contributed by atoms with van der Waals surface area (Å²) in [7, 11) is 0. The van der Waals surface area contributed by atoms with E-state index in [4.69, 9.17) is 4.84 Å². The zero-order valence-electron chi connectivity index (χ0n) is 8.94. The first-order valence-electron chi connectivity index (χ1n) is 5.52. The van der Waals surface area contributed by atoms with E-state index in [2.05, 4.69) is 35.8 Å². The second-order valence-electron chi connectivity index (χ2n) is 3.90. The molecule has 1 N–H and O–H groups in total. The summed E-state index contributed by atoms with van der Waals surface area (Å²) < 4.78 is 0. The molecule has 0 atom stereocenters. The van der Waals surface area contributed by atoms with E-state index in [1.165, 1.54) is 11.1 Å². The molecule has 0 radical (unpaired) electrons. The molecule has 0 aromatic heterocycles. The van der Waals surface area contributed by atoms with E-state index in [9.17, 15) is 0 Å². The minimum atomic E-state index is 0.839. The average molecular weight is 211 g/mol. The Morgan fingerprint density at radius 3 is 2.56 bits per heavy atom. The Morgan fingerprint density at radius 2 is 1.62 bits per heavy atom. The Kier molecular flexibility index (Phi) is 2.35. The minimum Gasteiger partial charge on any atom is -0.408 e. The van der Waals surface area contributed by atoms with E-state index >= 15 is 0 Å². The lowest BCUT2D eigenvalue weighted by molar-refractivity contribution is 0.197. The van der Waals surface area contributed by atoms with Crippen molar-refractivity contribution < 1.29 is 4.84 Å². The average Bonchev–Trinajstić information content (AvgIpc) is 2.33. The summed E-state index contributed by atoms with van der Waals surface area (Å²) in [5.41, 5.74) is 6.79. The van der Waals surface area contributed by atoms with E-state index in [-0.39, 0.29) is 0 Å². The predicted molar refractivity (Wildman–Crippen MR) is 64.2 cm³/mol. The van der Waals surface area contributed by atoms with Crippen molar-refractivity contribution in [2.75, 3.05) is 6.54 Å². The standard InChI is InChI=1S/C14H13NO/c1-2-6-12-11(5-1)9-10-15-16-14-8-4-3-7-13(12)14/h1-8,15H,9-10H2. The molecule has 0 saturated heterocycles. The molecule has 80 valence electrons. The summed E-state index contributed by atoms with van der Waals surface area (Å²) in [4.78, 5) is 5.54. The molecule has 0 bridgehead atoms. The van der Waals surface area contributed by atoms with Crippen molar-refractivity contribution in [1.29, 1.82) is 0 Å². The summed E-state index contributed by atoms with van der Waals surface area (Å²) in [6, 6.07) is 16.6. The van der Waals surface area contributed by atoms with Gasteiger partial charge in [0.1, 0.15) is 0 Å². The van der Waals surface area contributed by atoms with Gasteiger partial charge >= 0.3 is 0 Å². The van der Waals surface area contributed by atoms with Gasteiger partial charge in [-0.2, -0.15) is 5.48 Å². The fourth-order valence-corrected chi connectivity index (χ4v) is 2.09. The number of rotatable bonds is 0. The van der Waals surface area contributed by atoms with Crippen LogP contribution in [0.3, 0.4) is 0 Å². The summed E-state index contributed by atoms with van der Waals surface area (Å²) in [5, 5.41) is 0. The first-order chi connectivity index (χ1) is 7.95. The number of hydrogen-bond acceptors (Lipinski definition) is 2. The van der Waals surface area contributed by atoms with Crippen molar-refractivity contribution in [2.24, 2.45) is 0 Å². The quantitative estimate of drug-likeness (QED) is 0.723. The molecule has 2 aromatic rings. The maximum Gasteiger partial charge on any atom is 0.154 e. The second kappa shape index (κ2) is 3.99. The largest absolute Gasteiger partial charge is 0.408 e. The third kappa shape index (κ3) is 1.57. The molecular formula is C14H13NO. The van der Waals surface area contributed by atoms with Crippen LogP contribution in [0.25, 0.3) is 11.1 Å². The summed E-state index contributed by atoms with van der Waals surface area (Å²) >= 11 is 0. The van der Waals surface area contributed by atoms with Crippen LogP contribution in [0.5, 0.6) is 5.75 Å². The van der Waals surface area contributed by atoms with Crippen LogP contribution in [0, 0.1) is 0 Å². The van der Waals surface area contributed by atoms with Crippen LogP contribution in [-0.4, -0.2) is 6.54 Å². The van der Waals surface area contributed by atoms with Gasteiger partial charge in [0.15, 0.2) is 5.75 Å². The molecular weight excluding hydrogens is 198 g/mol. The van der Waals surface area contributed by atoms with Gasteiger partial charge in [-0.05, 0) is 23.6 Å². The molecule has 0 spiro atoms. The molecule has 3 rings (SSSR count). The second-order valence-corrected chi connectivity index (χ2v) is 3.90. The van der Waals surface area contributed by atoms with Crippen LogP contribution in [0.2, 0.25) is 0 Å². The highest BCUT2D eigenvalue weighted by atomic mass is 16.6. The maximum absolute atomic E-state index is 5.54. The Hall–Kier alpha value is -1.80. The van der Waals surface area contributed by atoms with E-state index < -0.39 is 0 Å². The fourth-order valence-electron chi connectivity index (χ4n) is 2.09. The highest BCUT2D eigenvalue weighted by Gasteiger charge is 2.12. The Balaban J connectivity index is 2.22. The SMILES string of the molecule is c1ccc2c(c1)CCNOc1ccccc1-2. The van der Waals surface area contributed by atoms with Crippen LogP contribution in [-0.2, 0) is 6.42 Å². The number of para-hydroxylation sites is 1. The normalized spacial score (nSPS) is 14.0. The van der Waals surface area contributed by atoms with Gasteiger partial charge < -0.3 is 4.84 Å². The first-order valence-corrected chi connectivity index (χ1v) is 5.52. The van der Waals surface area contributed by atoms with Gasteiger partial charge in [-0.1, -0.05) is 42.5 Å². The lowest BCUT2D eigenvalue weighted by Gasteiger charge is -2.18. The minimum absolute atomic E-state index is 0.839. The molecule has 1 heterocycles. The lowest BCUT2D eigenvalue weighted by Crippen LogP contribution is -2.23. The third-order valence-corrected chi connectivity index (χ3v) is 2.87. The van der Waals surface area contributed by atoms with Crippen molar-refractivity contribution in [3.63, 3.8) is 0 Å². The lowest BCUT2D eigenvalue weighted by atomic mass is 9.97. The van der Waals surface area contributed by atoms with Crippen molar-refractivity contribution >= 4 is 0 Å². The molecule has 2 nitrogen and oxygen atoms in total. The predicted octanol–water partition coefficient (Wildman–Crippen LogP) is 2.79. The van der Waals surface area contributed by atoms with Gasteiger partial charge in [-0.15, -0.1) is 0 Å². The summed E-state index contributed by atoms with van der Waals surface area (Å²) in [6.45, 7) is 0.839. The molecule has 1 aliphatic heterocycles. The molecule has 2 heteroatoms. The van der Waals surface area contributed by atoms with Crippen molar-refractivity contribution in [3.05, 3.63) is 54.1 Å². The summed E-state index contributed by atoms with van der Waals surface area (Å²) in [6.07, 6.45) is 0.991. The van der Waals surface area contributed by atoms with Crippen LogP contribution in [0.15, 0.2) is 48.5 Å². The molecule has 0 unspecified atom stereocenters. The van der Waals surface area contributed by atoms with Gasteiger partial charge in [0.2, 0.25) is 0 Å². The van der Waals surface area contributed by atoms with E-state index in [1.807, 2.05) is 18.2 Å². The Morgan fingerprint density at radius 1 is 0.875 bits per heavy atom. The van der Waals surface area contributed by atoms with Crippen LogP contribution >= 0.6 is 0 Å². The van der Waals surface area contributed by atoms with E-state index in [0.29, 0.717) is 0 Å². The fraction of sp³-hybridized carbons (Fsp3) is 0.143. The topological polar surface area (TPSA) is 21.3 Å². The number of nitrogens with one attached hydrogen (secondary N) is 1. The zero-order valence-corrected chi connectivity index (χ0v) is 8.94. The van der Waals surface area contributed by atoms with Crippen molar-refractivity contribution in [3.8, 4) is 16.9 Å². The van der Waals surface area contributed by atoms with Gasteiger partial charge in [0, 0.05) is 12.1 Å². The Labute approximate surface area is 94.8 Å². The number of hydroxylamine groups is 1. The molecule has 2 aromatic carbocycles. The van der Waals surface area contributed by atoms with Gasteiger partial charge in [-0.3, -0.25) is 0 Å².